The molecule has 0 saturated carbocycles. The molecule has 0 bridgehead atoms. The van der Waals surface area contributed by atoms with Crippen molar-refractivity contribution in [1.82, 2.24) is 0 Å². The van der Waals surface area contributed by atoms with Gasteiger partial charge in [-0.05, 0) is 106 Å². The van der Waals surface area contributed by atoms with E-state index < -0.39 is 0 Å². The Balaban J connectivity index is 2.56. The quantitative estimate of drug-likeness (QED) is 0.723. The van der Waals surface area contributed by atoms with Gasteiger partial charge in [-0.25, -0.2) is 0 Å². The van der Waals surface area contributed by atoms with Crippen molar-refractivity contribution in [2.24, 2.45) is 0 Å². The van der Waals surface area contributed by atoms with Crippen molar-refractivity contribution in [3.63, 3.8) is 0 Å². The third kappa shape index (κ3) is 2.70. The lowest BCUT2D eigenvalue weighted by molar-refractivity contribution is 1.20. The molecule has 2 rings (SSSR count). The molecule has 0 fully saturated rings. The zero-order valence-electron chi connectivity index (χ0n) is 14.7. The Morgan fingerprint density at radius 3 is 1.67 bits per heavy atom. The summed E-state index contributed by atoms with van der Waals surface area (Å²) < 4.78 is 0. The number of nitrogens with one attached hydrogen (secondary N) is 1. The van der Waals surface area contributed by atoms with Crippen LogP contribution in [0.4, 0.5) is 11.4 Å². The van der Waals surface area contributed by atoms with Gasteiger partial charge in [0.25, 0.3) is 0 Å². The summed E-state index contributed by atoms with van der Waals surface area (Å²) in [5, 5.41) is 3.69. The van der Waals surface area contributed by atoms with Crippen molar-refractivity contribution in [1.29, 1.82) is 0 Å². The predicted octanol–water partition coefficient (Wildman–Crippen LogP) is 5.90. The predicted molar refractivity (Wildman–Crippen MR) is 94.1 cm³/mol. The fourth-order valence-electron chi connectivity index (χ4n) is 2.95. The summed E-state index contributed by atoms with van der Waals surface area (Å²) in [5.41, 5.74) is 13.4. The zero-order valence-corrected chi connectivity index (χ0v) is 14.7. The fraction of sp³-hybridized carbons (Fsp3) is 0.400. The molecular weight excluding hydrogens is 254 g/mol. The second-order valence-corrected chi connectivity index (χ2v) is 6.38. The van der Waals surface area contributed by atoms with Crippen LogP contribution < -0.4 is 5.32 Å². The Hall–Kier alpha value is -1.76. The minimum Gasteiger partial charge on any atom is -0.355 e. The second kappa shape index (κ2) is 5.55. The van der Waals surface area contributed by atoms with Gasteiger partial charge in [0, 0.05) is 11.4 Å². The maximum Gasteiger partial charge on any atom is 0.0446 e. The molecule has 0 aromatic heterocycles. The van der Waals surface area contributed by atoms with Crippen LogP contribution in [-0.4, -0.2) is 0 Å². The molecule has 0 heterocycles. The number of hydrogen-bond donors (Lipinski definition) is 1. The molecule has 0 aliphatic heterocycles. The fourth-order valence-corrected chi connectivity index (χ4v) is 2.95. The lowest BCUT2D eigenvalue weighted by Gasteiger charge is -2.20. The maximum atomic E-state index is 3.69. The molecule has 0 atom stereocenters. The molecular formula is C20H27N. The van der Waals surface area contributed by atoms with Crippen molar-refractivity contribution >= 4 is 11.4 Å². The van der Waals surface area contributed by atoms with Gasteiger partial charge in [0.1, 0.15) is 0 Å². The Morgan fingerprint density at radius 2 is 1.05 bits per heavy atom. The number of hydrogen-bond acceptors (Lipinski definition) is 1. The highest BCUT2D eigenvalue weighted by Crippen LogP contribution is 2.32. The third-order valence-corrected chi connectivity index (χ3v) is 5.10. The monoisotopic (exact) mass is 281 g/mol. The smallest absolute Gasteiger partial charge is 0.0446 e. The van der Waals surface area contributed by atoms with Gasteiger partial charge in [-0.3, -0.25) is 0 Å². The lowest BCUT2D eigenvalue weighted by atomic mass is 9.95. The SMILES string of the molecule is Cc1cc(Nc2c(C)cc(C)c(C)c2C)c(C)c(C)c1C. The average Bonchev–Trinajstić information content (AvgIpc) is 2.44. The van der Waals surface area contributed by atoms with Gasteiger partial charge < -0.3 is 5.32 Å². The van der Waals surface area contributed by atoms with Crippen LogP contribution in [0.5, 0.6) is 0 Å². The number of aryl methyl sites for hydroxylation is 3. The van der Waals surface area contributed by atoms with E-state index in [4.69, 9.17) is 0 Å². The van der Waals surface area contributed by atoms with E-state index in [9.17, 15) is 0 Å². The Kier molecular flexibility index (Phi) is 4.13. The molecule has 112 valence electrons. The molecule has 1 N–H and O–H groups in total. The van der Waals surface area contributed by atoms with Gasteiger partial charge in [-0.2, -0.15) is 0 Å². The number of rotatable bonds is 2. The van der Waals surface area contributed by atoms with Gasteiger partial charge in [0.15, 0.2) is 0 Å². The summed E-state index contributed by atoms with van der Waals surface area (Å²) in [4.78, 5) is 0. The van der Waals surface area contributed by atoms with Gasteiger partial charge in [0.2, 0.25) is 0 Å². The Morgan fingerprint density at radius 1 is 0.524 bits per heavy atom. The molecule has 0 aliphatic carbocycles. The van der Waals surface area contributed by atoms with E-state index in [1.807, 2.05) is 0 Å². The van der Waals surface area contributed by atoms with Gasteiger partial charge >= 0.3 is 0 Å². The molecule has 1 heteroatoms. The molecule has 0 radical (unpaired) electrons. The molecule has 0 saturated heterocycles. The molecule has 21 heavy (non-hydrogen) atoms. The minimum absolute atomic E-state index is 1.23. The van der Waals surface area contributed by atoms with E-state index in [0.717, 1.165) is 0 Å². The molecule has 0 spiro atoms. The van der Waals surface area contributed by atoms with Crippen molar-refractivity contribution in [3.05, 3.63) is 56.6 Å². The summed E-state index contributed by atoms with van der Waals surface area (Å²) in [5.74, 6) is 0. The number of benzene rings is 2. The zero-order chi connectivity index (χ0) is 15.9. The molecule has 0 aliphatic rings. The van der Waals surface area contributed by atoms with Crippen molar-refractivity contribution in [2.45, 2.75) is 55.4 Å². The van der Waals surface area contributed by atoms with E-state index in [-0.39, 0.29) is 0 Å². The standard InChI is InChI=1S/C20H27N/c1-11-9-13(3)20(18(8)15(11)5)21-19-10-12(2)14(4)16(6)17(19)7/h9-10,21H,1-8H3. The third-order valence-electron chi connectivity index (χ3n) is 5.10. The first-order valence-electron chi connectivity index (χ1n) is 7.65. The van der Waals surface area contributed by atoms with Gasteiger partial charge in [-0.1, -0.05) is 6.07 Å². The first-order chi connectivity index (χ1) is 9.73. The summed E-state index contributed by atoms with van der Waals surface area (Å²) in [7, 11) is 0. The average molecular weight is 281 g/mol. The van der Waals surface area contributed by atoms with Crippen LogP contribution in [-0.2, 0) is 0 Å². The molecule has 2 aromatic carbocycles. The van der Waals surface area contributed by atoms with Crippen LogP contribution in [0.25, 0.3) is 0 Å². The summed E-state index contributed by atoms with van der Waals surface area (Å²) in [6.45, 7) is 17.6. The van der Waals surface area contributed by atoms with Crippen LogP contribution in [0.15, 0.2) is 12.1 Å². The van der Waals surface area contributed by atoms with E-state index in [2.05, 4.69) is 72.8 Å². The van der Waals surface area contributed by atoms with Crippen molar-refractivity contribution < 1.29 is 0 Å². The van der Waals surface area contributed by atoms with Crippen LogP contribution in [0.2, 0.25) is 0 Å². The highest BCUT2D eigenvalue weighted by molar-refractivity contribution is 5.72. The first kappa shape index (κ1) is 15.6. The van der Waals surface area contributed by atoms with Gasteiger partial charge in [0.05, 0.1) is 0 Å². The summed E-state index contributed by atoms with van der Waals surface area (Å²) in [6, 6.07) is 4.54. The topological polar surface area (TPSA) is 12.0 Å². The molecule has 0 unspecified atom stereocenters. The summed E-state index contributed by atoms with van der Waals surface area (Å²) in [6.07, 6.45) is 0. The van der Waals surface area contributed by atoms with Crippen LogP contribution in [0.1, 0.15) is 44.5 Å². The van der Waals surface area contributed by atoms with E-state index in [1.165, 1.54) is 55.9 Å². The van der Waals surface area contributed by atoms with Gasteiger partial charge in [-0.15, -0.1) is 0 Å². The Labute approximate surface area is 129 Å². The maximum absolute atomic E-state index is 3.69. The Bertz CT molecular complexity index is 709. The van der Waals surface area contributed by atoms with Crippen LogP contribution in [0.3, 0.4) is 0 Å². The largest absolute Gasteiger partial charge is 0.355 e. The van der Waals surface area contributed by atoms with Crippen molar-refractivity contribution in [2.75, 3.05) is 5.32 Å². The molecule has 0 amide bonds. The highest BCUT2D eigenvalue weighted by atomic mass is 14.9. The summed E-state index contributed by atoms with van der Waals surface area (Å²) >= 11 is 0. The van der Waals surface area contributed by atoms with Crippen LogP contribution in [0, 0.1) is 55.4 Å². The first-order valence-corrected chi connectivity index (χ1v) is 7.65. The highest BCUT2D eigenvalue weighted by Gasteiger charge is 2.12. The lowest BCUT2D eigenvalue weighted by Crippen LogP contribution is -2.03. The molecule has 1 nitrogen and oxygen atoms in total. The van der Waals surface area contributed by atoms with E-state index >= 15 is 0 Å². The van der Waals surface area contributed by atoms with E-state index in [0.29, 0.717) is 0 Å². The normalized spacial score (nSPS) is 10.9. The minimum atomic E-state index is 1.23. The van der Waals surface area contributed by atoms with Crippen LogP contribution >= 0.6 is 0 Å². The number of anilines is 2. The molecule has 2 aromatic rings. The van der Waals surface area contributed by atoms with Crippen molar-refractivity contribution in [3.8, 4) is 0 Å². The van der Waals surface area contributed by atoms with E-state index in [1.54, 1.807) is 0 Å². The second-order valence-electron chi connectivity index (χ2n) is 6.38.